The van der Waals surface area contributed by atoms with Crippen LogP contribution in [0.2, 0.25) is 0 Å². The van der Waals surface area contributed by atoms with Crippen molar-refractivity contribution in [3.05, 3.63) is 0 Å². The van der Waals surface area contributed by atoms with Crippen LogP contribution in [-0.4, -0.2) is 17.8 Å². The largest absolute Gasteiger partial charge is 0.456 e. The van der Waals surface area contributed by atoms with Crippen LogP contribution in [0.5, 0.6) is 0 Å². The third-order valence-corrected chi connectivity index (χ3v) is 2.80. The minimum Gasteiger partial charge on any atom is -0.291 e. The first kappa shape index (κ1) is 12.4. The maximum atomic E-state index is 11.4. The van der Waals surface area contributed by atoms with E-state index in [9.17, 15) is 4.57 Å². The van der Waals surface area contributed by atoms with Crippen LogP contribution in [0.3, 0.4) is 0 Å². The molecule has 0 aliphatic carbocycles. The van der Waals surface area contributed by atoms with Crippen molar-refractivity contribution in [3.63, 3.8) is 0 Å². The van der Waals surface area contributed by atoms with Crippen molar-refractivity contribution in [3.8, 4) is 0 Å². The van der Waals surface area contributed by atoms with Gasteiger partial charge in [0.05, 0.1) is 13.2 Å². The second kappa shape index (κ2) is 5.95. The molecule has 0 aliphatic rings. The average molecular weight is 234 g/mol. The van der Waals surface area contributed by atoms with Gasteiger partial charge in [0.2, 0.25) is 4.63 Å². The fourth-order valence-electron chi connectivity index (χ4n) is 0.514. The van der Waals surface area contributed by atoms with E-state index in [2.05, 4.69) is 4.76 Å². The molecule has 0 radical (unpaired) electrons. The molecule has 0 spiro atoms. The van der Waals surface area contributed by atoms with E-state index in [4.69, 9.17) is 32.2 Å². The van der Waals surface area contributed by atoms with Crippen LogP contribution in [0.25, 0.3) is 0 Å². The van der Waals surface area contributed by atoms with Gasteiger partial charge in [0.25, 0.3) is 0 Å². The van der Waals surface area contributed by atoms with Gasteiger partial charge in [-0.3, -0.25) is 9.05 Å². The van der Waals surface area contributed by atoms with Gasteiger partial charge in [-0.1, -0.05) is 0 Å². The van der Waals surface area contributed by atoms with Gasteiger partial charge in [0.15, 0.2) is 0 Å². The summed E-state index contributed by atoms with van der Waals surface area (Å²) in [5, 5.41) is 0. The monoisotopic (exact) mass is 233 g/mol. The van der Waals surface area contributed by atoms with E-state index in [1.165, 1.54) is 0 Å². The molecule has 0 aromatic heterocycles. The van der Waals surface area contributed by atoms with E-state index < -0.39 is 7.75 Å². The summed E-state index contributed by atoms with van der Waals surface area (Å²) >= 11 is 10.4. The predicted molar refractivity (Wildman–Crippen MR) is 50.0 cm³/mol. The van der Waals surface area contributed by atoms with Gasteiger partial charge in [-0.25, -0.2) is 4.57 Å². The van der Waals surface area contributed by atoms with Crippen LogP contribution < -0.4 is 0 Å². The molecule has 0 unspecified atom stereocenters. The number of hydrogen-bond donors (Lipinski definition) is 0. The maximum absolute atomic E-state index is 11.4. The molecular weight excluding hydrogens is 224 g/mol. The van der Waals surface area contributed by atoms with Gasteiger partial charge in [0.1, 0.15) is 0 Å². The zero-order valence-corrected chi connectivity index (χ0v) is 9.20. The van der Waals surface area contributed by atoms with E-state index in [0.29, 0.717) is 0 Å². The number of nitrogens with zero attached hydrogens (tertiary/aromatic N) is 1. The Morgan fingerprint density at radius 1 is 1.33 bits per heavy atom. The van der Waals surface area contributed by atoms with Gasteiger partial charge in [-0.2, -0.15) is 4.76 Å². The molecule has 7 heteroatoms. The third kappa shape index (κ3) is 5.12. The van der Waals surface area contributed by atoms with Gasteiger partial charge in [0, 0.05) is 0 Å². The zero-order valence-electron chi connectivity index (χ0n) is 6.79. The standard InChI is InChI=1S/C5H10Cl2NO3P/c1-3-10-12(9,11-4-2)8-5(6)7/h3-4H2,1-2H3. The van der Waals surface area contributed by atoms with Crippen LogP contribution in [0, 0.1) is 0 Å². The molecular formula is C5H10Cl2NO3P. The number of rotatable bonds is 5. The zero-order chi connectivity index (χ0) is 9.61. The Morgan fingerprint density at radius 3 is 2.00 bits per heavy atom. The first-order valence-corrected chi connectivity index (χ1v) is 5.59. The SMILES string of the molecule is CCOP(=O)(N=C(Cl)Cl)OCC. The summed E-state index contributed by atoms with van der Waals surface area (Å²) < 4.78 is 23.9. The first-order chi connectivity index (χ1) is 5.54. The van der Waals surface area contributed by atoms with E-state index >= 15 is 0 Å². The predicted octanol–water partition coefficient (Wildman–Crippen LogP) is 3.00. The lowest BCUT2D eigenvalue weighted by Gasteiger charge is -2.10. The van der Waals surface area contributed by atoms with E-state index in [-0.39, 0.29) is 17.8 Å². The summed E-state index contributed by atoms with van der Waals surface area (Å²) in [6.07, 6.45) is 0. The Morgan fingerprint density at radius 2 is 1.75 bits per heavy atom. The van der Waals surface area contributed by atoms with Gasteiger partial charge in [-0.05, 0) is 37.0 Å². The van der Waals surface area contributed by atoms with Crippen molar-refractivity contribution in [2.24, 2.45) is 4.76 Å². The third-order valence-electron chi connectivity index (χ3n) is 0.783. The van der Waals surface area contributed by atoms with Crippen LogP contribution in [0.4, 0.5) is 0 Å². The number of hydrogen-bond acceptors (Lipinski definition) is 3. The molecule has 0 saturated carbocycles. The van der Waals surface area contributed by atoms with E-state index in [0.717, 1.165) is 0 Å². The Kier molecular flexibility index (Phi) is 6.14. The van der Waals surface area contributed by atoms with Crippen molar-refractivity contribution < 1.29 is 13.6 Å². The van der Waals surface area contributed by atoms with Crippen molar-refractivity contribution >= 4 is 35.6 Å². The lowest BCUT2D eigenvalue weighted by molar-refractivity contribution is 0.221. The van der Waals surface area contributed by atoms with Crippen LogP contribution in [-0.2, 0) is 13.6 Å². The van der Waals surface area contributed by atoms with Gasteiger partial charge < -0.3 is 0 Å². The van der Waals surface area contributed by atoms with Gasteiger partial charge >= 0.3 is 7.75 Å². The molecule has 0 fully saturated rings. The highest BCUT2D eigenvalue weighted by molar-refractivity contribution is 7.53. The van der Waals surface area contributed by atoms with Crippen molar-refractivity contribution in [1.29, 1.82) is 0 Å². The quantitative estimate of drug-likeness (QED) is 0.542. The summed E-state index contributed by atoms with van der Waals surface area (Å²) in [5.41, 5.74) is 0. The second-order valence-electron chi connectivity index (χ2n) is 1.64. The molecule has 4 nitrogen and oxygen atoms in total. The molecule has 0 aromatic rings. The van der Waals surface area contributed by atoms with E-state index in [1.807, 2.05) is 0 Å². The maximum Gasteiger partial charge on any atom is 0.456 e. The molecule has 0 aromatic carbocycles. The Labute approximate surface area is 81.4 Å². The highest BCUT2D eigenvalue weighted by Crippen LogP contribution is 2.50. The fraction of sp³-hybridized carbons (Fsp3) is 0.800. The Hall–Kier alpha value is 0.400. The molecule has 0 saturated heterocycles. The van der Waals surface area contributed by atoms with Crippen LogP contribution in [0.1, 0.15) is 13.8 Å². The Bertz CT molecular complexity index is 195. The lowest BCUT2D eigenvalue weighted by Crippen LogP contribution is -1.93. The summed E-state index contributed by atoms with van der Waals surface area (Å²) in [4.78, 5) is 0. The molecule has 0 heterocycles. The normalized spacial score (nSPS) is 11.3. The number of halogens is 2. The first-order valence-electron chi connectivity index (χ1n) is 3.34. The smallest absolute Gasteiger partial charge is 0.291 e. The second-order valence-corrected chi connectivity index (χ2v) is 4.21. The summed E-state index contributed by atoms with van der Waals surface area (Å²) in [7, 11) is -3.45. The topological polar surface area (TPSA) is 47.9 Å². The lowest BCUT2D eigenvalue weighted by atomic mass is 10.9. The highest BCUT2D eigenvalue weighted by atomic mass is 35.5. The molecule has 72 valence electrons. The molecule has 0 rings (SSSR count). The Balaban J connectivity index is 4.40. The summed E-state index contributed by atoms with van der Waals surface area (Å²) in [6.45, 7) is 3.79. The molecule has 0 N–H and O–H groups in total. The summed E-state index contributed by atoms with van der Waals surface area (Å²) in [5.74, 6) is 0. The average Bonchev–Trinajstić information content (AvgIpc) is 1.85. The molecule has 0 bridgehead atoms. The van der Waals surface area contributed by atoms with Crippen molar-refractivity contribution in [2.75, 3.05) is 13.2 Å². The molecule has 0 aliphatic heterocycles. The fourth-order valence-corrected chi connectivity index (χ4v) is 2.10. The van der Waals surface area contributed by atoms with Crippen LogP contribution >= 0.6 is 30.9 Å². The van der Waals surface area contributed by atoms with Crippen molar-refractivity contribution in [2.45, 2.75) is 13.8 Å². The van der Waals surface area contributed by atoms with Gasteiger partial charge in [-0.15, -0.1) is 0 Å². The molecule has 0 amide bonds. The highest BCUT2D eigenvalue weighted by Gasteiger charge is 2.22. The minimum absolute atomic E-state index is 0.224. The molecule has 12 heavy (non-hydrogen) atoms. The van der Waals surface area contributed by atoms with Crippen molar-refractivity contribution in [1.82, 2.24) is 0 Å². The molecule has 0 atom stereocenters. The van der Waals surface area contributed by atoms with E-state index in [1.54, 1.807) is 13.8 Å². The summed E-state index contributed by atoms with van der Waals surface area (Å²) in [6, 6.07) is 0. The minimum atomic E-state index is -3.45. The van der Waals surface area contributed by atoms with Crippen LogP contribution in [0.15, 0.2) is 4.76 Å².